The maximum absolute atomic E-state index is 14.4. The van der Waals surface area contributed by atoms with Crippen LogP contribution in [0.2, 0.25) is 0 Å². The van der Waals surface area contributed by atoms with Gasteiger partial charge in [-0.15, -0.1) is 0 Å². The number of amides is 1. The Bertz CT molecular complexity index is 1570. The van der Waals surface area contributed by atoms with Gasteiger partial charge in [-0.3, -0.25) is 14.4 Å². The molecule has 44 heavy (non-hydrogen) atoms. The summed E-state index contributed by atoms with van der Waals surface area (Å²) in [6.45, 7) is 7.05. The lowest BCUT2D eigenvalue weighted by molar-refractivity contribution is -0.265. The second kappa shape index (κ2) is 10.7. The summed E-state index contributed by atoms with van der Waals surface area (Å²) < 4.78 is 5.65. The van der Waals surface area contributed by atoms with Crippen LogP contribution in [0, 0.1) is 34.5 Å². The Balaban J connectivity index is 1.73. The first-order chi connectivity index (χ1) is 20.6. The topological polar surface area (TPSA) is 189 Å². The third-order valence-corrected chi connectivity index (χ3v) is 10.5. The van der Waals surface area contributed by atoms with Crippen molar-refractivity contribution in [3.8, 4) is 22.6 Å². The highest BCUT2D eigenvalue weighted by atomic mass is 16.6. The fraction of sp³-hybridized carbons (Fsp3) is 0.515. The number of carbonyl (C=O) groups is 3. The minimum Gasteiger partial charge on any atom is -0.507 e. The number of fused-ring (bicyclic) bond motifs is 3. The van der Waals surface area contributed by atoms with Crippen molar-refractivity contribution in [2.24, 2.45) is 45.4 Å². The molecule has 11 nitrogen and oxygen atoms in total. The summed E-state index contributed by atoms with van der Waals surface area (Å²) >= 11 is 0. The number of oxime groups is 1. The number of benzene rings is 2. The van der Waals surface area contributed by atoms with Gasteiger partial charge in [-0.2, -0.15) is 0 Å². The number of aliphatic hydroxyl groups is 3. The molecule has 0 bridgehead atoms. The number of aliphatic hydroxyl groups excluding tert-OH is 2. The molecule has 5 rings (SSSR count). The first-order valence-electron chi connectivity index (χ1n) is 14.6. The van der Waals surface area contributed by atoms with Crippen LogP contribution in [0.3, 0.4) is 0 Å². The third-order valence-electron chi connectivity index (χ3n) is 10.5. The van der Waals surface area contributed by atoms with Crippen molar-refractivity contribution in [2.75, 3.05) is 14.2 Å². The molecule has 2 unspecified atom stereocenters. The zero-order chi connectivity index (χ0) is 32.5. The van der Waals surface area contributed by atoms with E-state index in [0.717, 1.165) is 0 Å². The lowest BCUT2D eigenvalue weighted by Crippen LogP contribution is -2.79. The monoisotopic (exact) mass is 608 g/mol. The number of Topliss-reactive ketones (excluding diaryl/α,β-unsaturated/α-hetero) is 2. The van der Waals surface area contributed by atoms with Crippen LogP contribution in [0.1, 0.15) is 55.6 Å². The van der Waals surface area contributed by atoms with Gasteiger partial charge in [-0.1, -0.05) is 38.9 Å². The number of phenolic OH excluding ortho intramolecular Hbond substituents is 1. The Morgan fingerprint density at radius 1 is 1.11 bits per heavy atom. The molecule has 2 aromatic carbocycles. The highest BCUT2D eigenvalue weighted by molar-refractivity contribution is 6.09. The molecule has 236 valence electrons. The molecule has 0 aromatic heterocycles. The van der Waals surface area contributed by atoms with Gasteiger partial charge in [0.1, 0.15) is 30.6 Å². The van der Waals surface area contributed by atoms with E-state index in [1.807, 2.05) is 13.0 Å². The van der Waals surface area contributed by atoms with Crippen molar-refractivity contribution in [1.29, 1.82) is 0 Å². The number of primary amides is 1. The molecule has 2 saturated carbocycles. The van der Waals surface area contributed by atoms with Crippen molar-refractivity contribution in [3.05, 3.63) is 47.0 Å². The van der Waals surface area contributed by atoms with Crippen molar-refractivity contribution in [1.82, 2.24) is 0 Å². The van der Waals surface area contributed by atoms with Gasteiger partial charge in [0.2, 0.25) is 5.91 Å². The molecule has 0 heterocycles. The van der Waals surface area contributed by atoms with Gasteiger partial charge < -0.3 is 35.7 Å². The van der Waals surface area contributed by atoms with E-state index >= 15 is 0 Å². The second-order valence-electron chi connectivity index (χ2n) is 13.3. The first kappa shape index (κ1) is 31.6. The van der Waals surface area contributed by atoms with E-state index in [9.17, 15) is 34.8 Å². The zero-order valence-corrected chi connectivity index (χ0v) is 25.7. The number of hydrogen-bond donors (Lipinski definition) is 5. The average molecular weight is 609 g/mol. The molecule has 11 heteroatoms. The number of nitrogens with two attached hydrogens (primary N) is 1. The van der Waals surface area contributed by atoms with Crippen molar-refractivity contribution < 1.29 is 44.4 Å². The molecule has 3 aliphatic carbocycles. The highest BCUT2D eigenvalue weighted by Crippen LogP contribution is 2.66. The lowest BCUT2D eigenvalue weighted by Gasteiger charge is -2.66. The number of carbonyl (C=O) groups excluding carboxylic acids is 3. The molecule has 2 aromatic rings. The predicted molar refractivity (Wildman–Crippen MR) is 160 cm³/mol. The molecule has 0 aliphatic heterocycles. The van der Waals surface area contributed by atoms with E-state index in [4.69, 9.17) is 15.3 Å². The molecule has 3 aliphatic rings. The minimum atomic E-state index is -2.57. The van der Waals surface area contributed by atoms with E-state index in [1.165, 1.54) is 26.5 Å². The molecule has 2 fully saturated rings. The van der Waals surface area contributed by atoms with E-state index < -0.39 is 63.9 Å². The van der Waals surface area contributed by atoms with E-state index in [1.54, 1.807) is 39.0 Å². The molecular formula is C33H40N2O9. The van der Waals surface area contributed by atoms with Gasteiger partial charge in [0.25, 0.3) is 0 Å². The standard InChI is InChI=1S/C33H40N2O9/c1-15(2)24-27(38)23(30(34)41)28(39)33(42)29(40)25-26(37)22-19(12-31(25,3)14-32(24,33)4)17(8-9-20(22)36)18-11-16(13-35-44-6)7-10-21(18)43-5/h7-11,13,15,23-25,27,29,36,38,40,42H,12,14H2,1-6H3,(H2,34,41)/t23-,24+,25-,27?,29?,31-,32-,33+/m1/s1. The molecule has 0 saturated heterocycles. The number of ketones is 2. The van der Waals surface area contributed by atoms with Crippen LogP contribution in [0.5, 0.6) is 11.5 Å². The largest absolute Gasteiger partial charge is 0.507 e. The van der Waals surface area contributed by atoms with Crippen LogP contribution in [0.4, 0.5) is 0 Å². The Morgan fingerprint density at radius 3 is 2.39 bits per heavy atom. The number of aromatic hydroxyl groups is 1. The van der Waals surface area contributed by atoms with Gasteiger partial charge in [-0.25, -0.2) is 0 Å². The predicted octanol–water partition coefficient (Wildman–Crippen LogP) is 2.23. The molecule has 0 spiro atoms. The fourth-order valence-electron chi connectivity index (χ4n) is 8.91. The van der Waals surface area contributed by atoms with Crippen LogP contribution in [0.25, 0.3) is 11.1 Å². The maximum atomic E-state index is 14.4. The first-order valence-corrected chi connectivity index (χ1v) is 14.6. The van der Waals surface area contributed by atoms with Gasteiger partial charge in [0.05, 0.1) is 30.9 Å². The molecule has 0 radical (unpaired) electrons. The van der Waals surface area contributed by atoms with Crippen molar-refractivity contribution in [3.63, 3.8) is 0 Å². The van der Waals surface area contributed by atoms with Crippen LogP contribution in [0.15, 0.2) is 35.5 Å². The quantitative estimate of drug-likeness (QED) is 0.186. The van der Waals surface area contributed by atoms with E-state index in [2.05, 4.69) is 5.16 Å². The van der Waals surface area contributed by atoms with Crippen LogP contribution < -0.4 is 10.5 Å². The number of rotatable bonds is 6. The van der Waals surface area contributed by atoms with Crippen LogP contribution >= 0.6 is 0 Å². The van der Waals surface area contributed by atoms with Crippen LogP contribution in [-0.2, 0) is 20.8 Å². The Hall–Kier alpha value is -3.80. The van der Waals surface area contributed by atoms with Gasteiger partial charge in [0, 0.05) is 11.0 Å². The van der Waals surface area contributed by atoms with Crippen molar-refractivity contribution in [2.45, 2.75) is 58.3 Å². The summed E-state index contributed by atoms with van der Waals surface area (Å²) in [4.78, 5) is 45.5. The second-order valence-corrected chi connectivity index (χ2v) is 13.3. The summed E-state index contributed by atoms with van der Waals surface area (Å²) in [5.74, 6) is -6.87. The number of hydrogen-bond acceptors (Lipinski definition) is 10. The molecule has 1 amide bonds. The molecule has 8 atom stereocenters. The zero-order valence-electron chi connectivity index (χ0n) is 25.7. The Labute approximate surface area is 255 Å². The number of methoxy groups -OCH3 is 1. The smallest absolute Gasteiger partial charge is 0.230 e. The summed E-state index contributed by atoms with van der Waals surface area (Å²) in [5.41, 5.74) is 2.93. The Kier molecular flexibility index (Phi) is 7.67. The van der Waals surface area contributed by atoms with E-state index in [-0.39, 0.29) is 30.1 Å². The third kappa shape index (κ3) is 4.20. The summed E-state index contributed by atoms with van der Waals surface area (Å²) in [6.07, 6.45) is -1.69. The number of ether oxygens (including phenoxy) is 1. The number of phenols is 1. The average Bonchev–Trinajstić information content (AvgIpc) is 2.93. The molecule has 6 N–H and O–H groups in total. The normalized spacial score (nSPS) is 34.8. The van der Waals surface area contributed by atoms with Gasteiger partial charge in [0.15, 0.2) is 17.2 Å². The lowest BCUT2D eigenvalue weighted by atomic mass is 9.39. The highest BCUT2D eigenvalue weighted by Gasteiger charge is 2.75. The fourth-order valence-corrected chi connectivity index (χ4v) is 8.91. The summed E-state index contributed by atoms with van der Waals surface area (Å²) in [5, 5.41) is 50.4. The number of nitrogens with zero attached hydrogens (tertiary/aromatic N) is 1. The molecular weight excluding hydrogens is 568 g/mol. The van der Waals surface area contributed by atoms with Gasteiger partial charge in [-0.05, 0) is 71.0 Å². The van der Waals surface area contributed by atoms with Crippen molar-refractivity contribution >= 4 is 23.7 Å². The van der Waals surface area contributed by atoms with Crippen LogP contribution in [-0.4, -0.2) is 76.1 Å². The minimum absolute atomic E-state index is 0.0237. The SMILES string of the molecule is CON=Cc1ccc(OC)c(-c2ccc(O)c3c2C[C@]2(C)C[C@]4(C)[C@@H](C(C)C)C(O)[C@@H](C(N)=O)C(=O)[C@]4(O)C(O)[C@H]2C3=O)c1. The maximum Gasteiger partial charge on any atom is 0.230 e. The van der Waals surface area contributed by atoms with Gasteiger partial charge >= 0.3 is 0 Å². The summed E-state index contributed by atoms with van der Waals surface area (Å²) in [7, 11) is 2.95. The summed E-state index contributed by atoms with van der Waals surface area (Å²) in [6, 6.07) is 8.44. The Morgan fingerprint density at radius 2 is 1.80 bits per heavy atom. The van der Waals surface area contributed by atoms with E-state index in [0.29, 0.717) is 28.0 Å².